The monoisotopic (exact) mass is 336 g/mol. The fourth-order valence-electron chi connectivity index (χ4n) is 2.13. The van der Waals surface area contributed by atoms with Crippen molar-refractivity contribution >= 4 is 15.9 Å². The molecule has 106 valence electrons. The lowest BCUT2D eigenvalue weighted by atomic mass is 10.0. The van der Waals surface area contributed by atoms with Gasteiger partial charge in [-0.25, -0.2) is 4.39 Å². The molecule has 2 aromatic rings. The quantitative estimate of drug-likeness (QED) is 0.703. The molecule has 0 aliphatic rings. The van der Waals surface area contributed by atoms with Crippen LogP contribution in [-0.4, -0.2) is 7.11 Å². The maximum absolute atomic E-state index is 13.7. The molecule has 0 aliphatic carbocycles. The Morgan fingerprint density at radius 1 is 1.10 bits per heavy atom. The number of rotatable bonds is 4. The van der Waals surface area contributed by atoms with Gasteiger partial charge in [0.05, 0.1) is 7.11 Å². The second-order valence-corrected chi connectivity index (χ2v) is 6.09. The summed E-state index contributed by atoms with van der Waals surface area (Å²) < 4.78 is 18.7. The molecule has 0 N–H and O–H groups in total. The Balaban J connectivity index is 2.17. The van der Waals surface area contributed by atoms with Crippen molar-refractivity contribution in [2.45, 2.75) is 25.1 Å². The zero-order chi connectivity index (χ0) is 14.7. The van der Waals surface area contributed by atoms with Crippen molar-refractivity contribution in [1.29, 1.82) is 0 Å². The summed E-state index contributed by atoms with van der Waals surface area (Å²) in [6.07, 6.45) is 0.826. The Morgan fingerprint density at radius 2 is 1.85 bits per heavy atom. The second-order valence-electron chi connectivity index (χ2n) is 4.98. The number of aryl methyl sites for hydroxylation is 2. The molecule has 1 atom stereocenters. The zero-order valence-electron chi connectivity index (χ0n) is 11.9. The number of alkyl halides is 1. The first kappa shape index (κ1) is 15.0. The summed E-state index contributed by atoms with van der Waals surface area (Å²) in [7, 11) is 1.47. The lowest BCUT2D eigenvalue weighted by molar-refractivity contribution is 0.386. The molecule has 0 spiro atoms. The van der Waals surface area contributed by atoms with Crippen molar-refractivity contribution in [2.75, 3.05) is 7.11 Å². The summed E-state index contributed by atoms with van der Waals surface area (Å²) in [6.45, 7) is 4.21. The zero-order valence-corrected chi connectivity index (χ0v) is 13.5. The lowest BCUT2D eigenvalue weighted by Gasteiger charge is -2.13. The largest absolute Gasteiger partial charge is 0.494 e. The van der Waals surface area contributed by atoms with Crippen molar-refractivity contribution in [3.05, 3.63) is 64.5 Å². The van der Waals surface area contributed by atoms with Crippen LogP contribution in [0, 0.1) is 19.7 Å². The van der Waals surface area contributed by atoms with E-state index >= 15 is 0 Å². The summed E-state index contributed by atoms with van der Waals surface area (Å²) >= 11 is 3.64. The molecular weight excluding hydrogens is 319 g/mol. The van der Waals surface area contributed by atoms with Crippen molar-refractivity contribution < 1.29 is 9.13 Å². The van der Waals surface area contributed by atoms with Gasteiger partial charge in [0.2, 0.25) is 0 Å². The summed E-state index contributed by atoms with van der Waals surface area (Å²) in [5.41, 5.74) is 4.73. The highest BCUT2D eigenvalue weighted by atomic mass is 79.9. The van der Waals surface area contributed by atoms with Crippen LogP contribution in [0.4, 0.5) is 4.39 Å². The molecule has 3 heteroatoms. The van der Waals surface area contributed by atoms with Crippen LogP contribution in [0.25, 0.3) is 0 Å². The summed E-state index contributed by atoms with van der Waals surface area (Å²) in [5.74, 6) is -0.0471. The van der Waals surface area contributed by atoms with E-state index in [2.05, 4.69) is 48.0 Å². The molecular formula is C17H18BrFO. The van der Waals surface area contributed by atoms with E-state index in [0.29, 0.717) is 0 Å². The third-order valence-electron chi connectivity index (χ3n) is 3.52. The normalized spacial score (nSPS) is 12.2. The van der Waals surface area contributed by atoms with Crippen LogP contribution in [0.2, 0.25) is 0 Å². The van der Waals surface area contributed by atoms with Gasteiger partial charge in [0.1, 0.15) is 0 Å². The Morgan fingerprint density at radius 3 is 2.45 bits per heavy atom. The molecule has 0 amide bonds. The second kappa shape index (κ2) is 6.40. The van der Waals surface area contributed by atoms with E-state index in [1.54, 1.807) is 6.07 Å². The number of benzene rings is 2. The van der Waals surface area contributed by atoms with E-state index in [1.165, 1.54) is 29.9 Å². The molecule has 1 nitrogen and oxygen atoms in total. The fraction of sp³-hybridized carbons (Fsp3) is 0.294. The Bertz CT molecular complexity index is 610. The molecule has 0 fully saturated rings. The average Bonchev–Trinajstić information content (AvgIpc) is 2.42. The standard InChI is InChI=1S/C17H18BrFO/c1-11-4-5-13(8-12(11)2)9-15(18)14-6-7-17(20-3)16(19)10-14/h4-8,10,15H,9H2,1-3H3. The third-order valence-corrected chi connectivity index (χ3v) is 4.38. The molecule has 2 aromatic carbocycles. The van der Waals surface area contributed by atoms with Crippen LogP contribution in [0.1, 0.15) is 27.1 Å². The average molecular weight is 337 g/mol. The molecule has 1 unspecified atom stereocenters. The Kier molecular flexibility index (Phi) is 4.81. The molecule has 0 aliphatic heterocycles. The van der Waals surface area contributed by atoms with E-state index in [0.717, 1.165) is 12.0 Å². The minimum absolute atomic E-state index is 0.0880. The number of methoxy groups -OCH3 is 1. The van der Waals surface area contributed by atoms with Gasteiger partial charge >= 0.3 is 0 Å². The van der Waals surface area contributed by atoms with Crippen molar-refractivity contribution in [3.8, 4) is 5.75 Å². The minimum atomic E-state index is -0.325. The Labute approximate surface area is 127 Å². The Hall–Kier alpha value is -1.35. The van der Waals surface area contributed by atoms with Gasteiger partial charge in [0.15, 0.2) is 11.6 Å². The predicted molar refractivity (Wildman–Crippen MR) is 84.2 cm³/mol. The van der Waals surface area contributed by atoms with Gasteiger partial charge < -0.3 is 4.74 Å². The van der Waals surface area contributed by atoms with Gasteiger partial charge in [-0.15, -0.1) is 0 Å². The highest BCUT2D eigenvalue weighted by Gasteiger charge is 2.12. The number of hydrogen-bond donors (Lipinski definition) is 0. The van der Waals surface area contributed by atoms with E-state index in [-0.39, 0.29) is 16.4 Å². The van der Waals surface area contributed by atoms with Crippen LogP contribution in [0.3, 0.4) is 0 Å². The maximum atomic E-state index is 13.7. The van der Waals surface area contributed by atoms with Crippen LogP contribution in [0.5, 0.6) is 5.75 Å². The third kappa shape index (κ3) is 3.40. The van der Waals surface area contributed by atoms with Crippen LogP contribution in [0.15, 0.2) is 36.4 Å². The van der Waals surface area contributed by atoms with E-state index in [4.69, 9.17) is 4.74 Å². The van der Waals surface area contributed by atoms with Crippen LogP contribution >= 0.6 is 15.9 Å². The topological polar surface area (TPSA) is 9.23 Å². The lowest BCUT2D eigenvalue weighted by Crippen LogP contribution is -1.98. The maximum Gasteiger partial charge on any atom is 0.165 e. The molecule has 0 radical (unpaired) electrons. The highest BCUT2D eigenvalue weighted by Crippen LogP contribution is 2.30. The molecule has 0 saturated carbocycles. The van der Waals surface area contributed by atoms with E-state index in [1.807, 2.05) is 6.07 Å². The smallest absolute Gasteiger partial charge is 0.165 e. The summed E-state index contributed by atoms with van der Waals surface area (Å²) in [5, 5.41) is 0. The highest BCUT2D eigenvalue weighted by molar-refractivity contribution is 9.09. The fourth-order valence-corrected chi connectivity index (χ4v) is 2.79. The SMILES string of the molecule is COc1ccc(C(Br)Cc2ccc(C)c(C)c2)cc1F. The van der Waals surface area contributed by atoms with E-state index in [9.17, 15) is 4.39 Å². The summed E-state index contributed by atoms with van der Waals surface area (Å²) in [4.78, 5) is 0.0880. The first-order chi connectivity index (χ1) is 9.51. The number of hydrogen-bond acceptors (Lipinski definition) is 1. The first-order valence-corrected chi connectivity index (χ1v) is 7.46. The number of halogens is 2. The minimum Gasteiger partial charge on any atom is -0.494 e. The molecule has 0 bridgehead atoms. The van der Waals surface area contributed by atoms with Crippen molar-refractivity contribution in [1.82, 2.24) is 0 Å². The first-order valence-electron chi connectivity index (χ1n) is 6.55. The van der Waals surface area contributed by atoms with Crippen LogP contribution in [-0.2, 0) is 6.42 Å². The van der Waals surface area contributed by atoms with Crippen molar-refractivity contribution in [2.24, 2.45) is 0 Å². The number of ether oxygens (including phenoxy) is 1. The molecule has 20 heavy (non-hydrogen) atoms. The molecule has 0 heterocycles. The van der Waals surface area contributed by atoms with Gasteiger partial charge in [-0.3, -0.25) is 0 Å². The van der Waals surface area contributed by atoms with Gasteiger partial charge in [-0.05, 0) is 54.7 Å². The van der Waals surface area contributed by atoms with E-state index < -0.39 is 0 Å². The predicted octanol–water partition coefficient (Wildman–Crippen LogP) is 5.13. The van der Waals surface area contributed by atoms with Crippen molar-refractivity contribution in [3.63, 3.8) is 0 Å². The van der Waals surface area contributed by atoms with Gasteiger partial charge in [-0.2, -0.15) is 0 Å². The van der Waals surface area contributed by atoms with Gasteiger partial charge in [0, 0.05) is 4.83 Å². The molecule has 0 aromatic heterocycles. The van der Waals surface area contributed by atoms with Crippen LogP contribution < -0.4 is 4.74 Å². The van der Waals surface area contributed by atoms with Gasteiger partial charge in [0.25, 0.3) is 0 Å². The summed E-state index contributed by atoms with van der Waals surface area (Å²) in [6, 6.07) is 11.5. The molecule has 0 saturated heterocycles. The van der Waals surface area contributed by atoms with Gasteiger partial charge in [-0.1, -0.05) is 40.2 Å². The molecule has 2 rings (SSSR count).